The number of thiocarbonyl (C=S) groups is 1. The Morgan fingerprint density at radius 2 is 0.944 bits per heavy atom. The maximum absolute atomic E-state index is 12.8. The van der Waals surface area contributed by atoms with Gasteiger partial charge in [-0.1, -0.05) is 48.6 Å². The largest absolute Gasteiger partial charge is 0.346 e. The Morgan fingerprint density at radius 1 is 0.583 bits per heavy atom. The Bertz CT molecular complexity index is 1220. The third-order valence-electron chi connectivity index (χ3n) is 5.65. The molecule has 184 valence electrons. The number of halogens is 2. The predicted octanol–water partition coefficient (Wildman–Crippen LogP) is 7.92. The van der Waals surface area contributed by atoms with Gasteiger partial charge in [0.25, 0.3) is 5.91 Å². The Labute approximate surface area is 216 Å². The highest BCUT2D eigenvalue weighted by Crippen LogP contribution is 2.21. The normalized spacial score (nSPS) is 10.2. The number of nitrogens with one attached hydrogen (secondary N) is 2. The molecule has 0 aromatic heterocycles. The Kier molecular flexibility index (Phi) is 9.03. The quantitative estimate of drug-likeness (QED) is 0.279. The average Bonchev–Trinajstić information content (AvgIpc) is 2.85. The molecule has 0 unspecified atom stereocenters. The van der Waals surface area contributed by atoms with Crippen LogP contribution in [0.5, 0.6) is 0 Å². The van der Waals surface area contributed by atoms with Crippen molar-refractivity contribution in [3.63, 3.8) is 0 Å². The first kappa shape index (κ1) is 26.7. The molecule has 0 spiro atoms. The van der Waals surface area contributed by atoms with E-state index in [1.807, 2.05) is 64.1 Å². The van der Waals surface area contributed by atoms with Gasteiger partial charge >= 0.3 is 0 Å². The van der Waals surface area contributed by atoms with Crippen LogP contribution in [-0.2, 0) is 0 Å². The number of benzene rings is 4. The van der Waals surface area contributed by atoms with Crippen LogP contribution in [0.2, 0.25) is 0 Å². The summed E-state index contributed by atoms with van der Waals surface area (Å²) >= 11 is 5.33. The number of hydrogen-bond donors (Lipinski definition) is 2. The second-order valence-corrected chi connectivity index (χ2v) is 8.86. The van der Waals surface area contributed by atoms with E-state index in [-0.39, 0.29) is 17.5 Å². The van der Waals surface area contributed by atoms with Crippen molar-refractivity contribution < 1.29 is 13.6 Å². The van der Waals surface area contributed by atoms with Crippen molar-refractivity contribution in [2.75, 3.05) is 10.6 Å². The summed E-state index contributed by atoms with van der Waals surface area (Å²) in [5, 5.41) is 6.08. The Hall–Kier alpha value is -3.90. The van der Waals surface area contributed by atoms with Gasteiger partial charge in [0.05, 0.1) is 0 Å². The lowest BCUT2D eigenvalue weighted by molar-refractivity contribution is 0.102. The number of carbonyl (C=O) groups excluding carboxylic acids is 1. The smallest absolute Gasteiger partial charge is 0.255 e. The third kappa shape index (κ3) is 7.06. The summed E-state index contributed by atoms with van der Waals surface area (Å²) in [5.74, 6) is -0.834. The Balaban J connectivity index is 0.000000201. The molecule has 0 saturated carbocycles. The van der Waals surface area contributed by atoms with Crippen LogP contribution in [0.25, 0.3) is 0 Å². The van der Waals surface area contributed by atoms with Crippen LogP contribution < -0.4 is 10.6 Å². The topological polar surface area (TPSA) is 41.1 Å². The minimum Gasteiger partial charge on any atom is -0.346 e. The van der Waals surface area contributed by atoms with Crippen molar-refractivity contribution in [2.24, 2.45) is 0 Å². The molecule has 0 heterocycles. The number of aryl methyl sites for hydroxylation is 4. The molecular weight excluding hydrogens is 474 g/mol. The lowest BCUT2D eigenvalue weighted by Gasteiger charge is -2.13. The van der Waals surface area contributed by atoms with E-state index in [1.165, 1.54) is 36.4 Å². The molecule has 0 saturated heterocycles. The van der Waals surface area contributed by atoms with Gasteiger partial charge in [0, 0.05) is 22.5 Å². The maximum atomic E-state index is 12.8. The van der Waals surface area contributed by atoms with Crippen LogP contribution in [-0.4, -0.2) is 10.9 Å². The first-order valence-electron chi connectivity index (χ1n) is 11.4. The second kappa shape index (κ2) is 12.2. The molecule has 6 heteroatoms. The molecule has 0 radical (unpaired) electrons. The van der Waals surface area contributed by atoms with Gasteiger partial charge in [0.15, 0.2) is 0 Å². The number of rotatable bonds is 4. The molecule has 4 aromatic rings. The number of amides is 1. The van der Waals surface area contributed by atoms with E-state index < -0.39 is 0 Å². The molecule has 0 bridgehead atoms. The molecule has 4 rings (SSSR count). The van der Waals surface area contributed by atoms with Crippen molar-refractivity contribution in [1.29, 1.82) is 0 Å². The van der Waals surface area contributed by atoms with Gasteiger partial charge in [0.1, 0.15) is 16.6 Å². The lowest BCUT2D eigenvalue weighted by Crippen LogP contribution is -2.13. The molecule has 1 amide bonds. The van der Waals surface area contributed by atoms with Gasteiger partial charge in [-0.2, -0.15) is 0 Å². The van der Waals surface area contributed by atoms with E-state index in [1.54, 1.807) is 12.1 Å². The van der Waals surface area contributed by atoms with E-state index in [2.05, 4.69) is 10.6 Å². The zero-order valence-corrected chi connectivity index (χ0v) is 21.5. The second-order valence-electron chi connectivity index (χ2n) is 8.46. The van der Waals surface area contributed by atoms with Crippen LogP contribution in [0.15, 0.2) is 84.9 Å². The van der Waals surface area contributed by atoms with Gasteiger partial charge < -0.3 is 10.6 Å². The van der Waals surface area contributed by atoms with Crippen molar-refractivity contribution in [1.82, 2.24) is 0 Å². The van der Waals surface area contributed by atoms with E-state index >= 15 is 0 Å². The van der Waals surface area contributed by atoms with E-state index in [4.69, 9.17) is 12.2 Å². The summed E-state index contributed by atoms with van der Waals surface area (Å²) in [6, 6.07) is 23.6. The summed E-state index contributed by atoms with van der Waals surface area (Å²) in [7, 11) is 0. The standard InChI is InChI=1S/C15H14FNO.C15H14FNS/c2*1-10-4-3-5-11(2)14(10)17-15(18)12-6-8-13(16)9-7-12/h2*3-9H,1-2H3,(H,17,18). The number of carbonyl (C=O) groups is 1. The van der Waals surface area contributed by atoms with Crippen LogP contribution >= 0.6 is 12.2 Å². The van der Waals surface area contributed by atoms with Gasteiger partial charge in [-0.25, -0.2) is 8.78 Å². The van der Waals surface area contributed by atoms with Crippen LogP contribution in [0.4, 0.5) is 20.2 Å². The number of hydrogen-bond acceptors (Lipinski definition) is 2. The highest BCUT2D eigenvalue weighted by Gasteiger charge is 2.09. The first-order valence-corrected chi connectivity index (χ1v) is 11.8. The third-order valence-corrected chi connectivity index (χ3v) is 5.99. The minimum absolute atomic E-state index is 0.229. The van der Waals surface area contributed by atoms with E-state index in [0.717, 1.165) is 39.2 Å². The lowest BCUT2D eigenvalue weighted by atomic mass is 10.1. The van der Waals surface area contributed by atoms with Gasteiger partial charge in [-0.3, -0.25) is 4.79 Å². The van der Waals surface area contributed by atoms with Gasteiger partial charge in [-0.15, -0.1) is 0 Å². The van der Waals surface area contributed by atoms with Crippen LogP contribution in [0.3, 0.4) is 0 Å². The molecule has 0 fully saturated rings. The first-order chi connectivity index (χ1) is 17.2. The summed E-state index contributed by atoms with van der Waals surface area (Å²) in [6.07, 6.45) is 0. The molecule has 36 heavy (non-hydrogen) atoms. The van der Waals surface area contributed by atoms with E-state index in [9.17, 15) is 13.6 Å². The van der Waals surface area contributed by atoms with Crippen molar-refractivity contribution in [3.05, 3.63) is 130 Å². The average molecular weight is 503 g/mol. The summed E-state index contributed by atoms with van der Waals surface area (Å²) < 4.78 is 25.6. The molecule has 0 aliphatic heterocycles. The van der Waals surface area contributed by atoms with Crippen molar-refractivity contribution in [2.45, 2.75) is 27.7 Å². The van der Waals surface area contributed by atoms with Gasteiger partial charge in [0.2, 0.25) is 0 Å². The van der Waals surface area contributed by atoms with Gasteiger partial charge in [-0.05, 0) is 98.5 Å². The minimum atomic E-state index is -0.348. The molecular formula is C30H28F2N2OS. The van der Waals surface area contributed by atoms with Crippen LogP contribution in [0.1, 0.15) is 38.2 Å². The summed E-state index contributed by atoms with van der Waals surface area (Å²) in [4.78, 5) is 12.6. The SMILES string of the molecule is Cc1cccc(C)c1NC(=O)c1ccc(F)cc1.Cc1cccc(C)c1NC(=S)c1ccc(F)cc1. The van der Waals surface area contributed by atoms with E-state index in [0.29, 0.717) is 10.6 Å². The molecule has 0 atom stereocenters. The predicted molar refractivity (Wildman–Crippen MR) is 148 cm³/mol. The maximum Gasteiger partial charge on any atom is 0.255 e. The number of anilines is 2. The Morgan fingerprint density at radius 3 is 1.36 bits per heavy atom. The molecule has 2 N–H and O–H groups in total. The molecule has 0 aliphatic carbocycles. The van der Waals surface area contributed by atoms with Crippen molar-refractivity contribution >= 4 is 34.5 Å². The fourth-order valence-corrected chi connectivity index (χ4v) is 3.84. The monoisotopic (exact) mass is 502 g/mol. The summed E-state index contributed by atoms with van der Waals surface area (Å²) in [5.41, 5.74) is 7.38. The zero-order valence-electron chi connectivity index (χ0n) is 20.7. The highest BCUT2D eigenvalue weighted by atomic mass is 32.1. The number of para-hydroxylation sites is 2. The summed E-state index contributed by atoms with van der Waals surface area (Å²) in [6.45, 7) is 7.94. The molecule has 3 nitrogen and oxygen atoms in total. The van der Waals surface area contributed by atoms with Crippen molar-refractivity contribution in [3.8, 4) is 0 Å². The zero-order chi connectivity index (χ0) is 26.2. The van der Waals surface area contributed by atoms with Crippen LogP contribution in [0, 0.1) is 39.3 Å². The fraction of sp³-hybridized carbons (Fsp3) is 0.133. The highest BCUT2D eigenvalue weighted by molar-refractivity contribution is 7.81. The fourth-order valence-electron chi connectivity index (χ4n) is 3.60. The molecule has 4 aromatic carbocycles. The molecule has 0 aliphatic rings.